The van der Waals surface area contributed by atoms with Gasteiger partial charge in [-0.25, -0.2) is 0 Å². The second kappa shape index (κ2) is 5.85. The number of aromatic amines is 1. The summed E-state index contributed by atoms with van der Waals surface area (Å²) < 4.78 is 5.28. The topological polar surface area (TPSA) is 49.7 Å². The number of hydrogen-bond acceptors (Lipinski definition) is 2. The van der Waals surface area contributed by atoms with Crippen molar-refractivity contribution in [3.05, 3.63) is 30.0 Å². The molecule has 0 amide bonds. The molecule has 2 aromatic rings. The number of nitrogens with one attached hydrogen (secondary N) is 2. The minimum atomic E-state index is -0.413. The number of aliphatic hydroxyl groups excluding tert-OH is 1. The number of quaternary nitrogens is 1. The summed E-state index contributed by atoms with van der Waals surface area (Å²) in [5.41, 5.74) is 2.03. The Hall–Kier alpha value is -1.52. The molecular weight excluding hydrogens is 252 g/mol. The monoisotopic (exact) mass is 275 g/mol. The van der Waals surface area contributed by atoms with Gasteiger partial charge in [-0.3, -0.25) is 0 Å². The number of piperidine rings is 1. The number of hydrogen-bond donors (Lipinski definition) is 3. The predicted molar refractivity (Wildman–Crippen MR) is 79.2 cm³/mol. The fourth-order valence-corrected chi connectivity index (χ4v) is 3.16. The van der Waals surface area contributed by atoms with Gasteiger partial charge in [-0.05, 0) is 37.5 Å². The van der Waals surface area contributed by atoms with Gasteiger partial charge in [-0.15, -0.1) is 0 Å². The Morgan fingerprint density at radius 2 is 2.10 bits per heavy atom. The first-order valence-electron chi connectivity index (χ1n) is 7.44. The van der Waals surface area contributed by atoms with Crippen molar-refractivity contribution in [2.45, 2.75) is 25.4 Å². The minimum Gasteiger partial charge on any atom is -0.497 e. The molecule has 1 aliphatic rings. The van der Waals surface area contributed by atoms with Crippen molar-refractivity contribution in [3.8, 4) is 5.75 Å². The summed E-state index contributed by atoms with van der Waals surface area (Å²) in [6.07, 6.45) is 5.42. The maximum absolute atomic E-state index is 10.5. The molecule has 0 unspecified atom stereocenters. The Morgan fingerprint density at radius 3 is 2.85 bits per heavy atom. The highest BCUT2D eigenvalue weighted by Crippen LogP contribution is 2.27. The Labute approximate surface area is 119 Å². The van der Waals surface area contributed by atoms with E-state index in [0.29, 0.717) is 0 Å². The van der Waals surface area contributed by atoms with Gasteiger partial charge in [0.15, 0.2) is 0 Å². The molecule has 4 heteroatoms. The van der Waals surface area contributed by atoms with Crippen LogP contribution in [0, 0.1) is 0 Å². The molecule has 0 spiro atoms. The van der Waals surface area contributed by atoms with Crippen molar-refractivity contribution in [2.24, 2.45) is 0 Å². The van der Waals surface area contributed by atoms with Gasteiger partial charge >= 0.3 is 0 Å². The normalized spacial score (nSPS) is 18.3. The molecule has 0 saturated carbocycles. The number of rotatable bonds is 4. The molecule has 0 radical (unpaired) electrons. The van der Waals surface area contributed by atoms with Gasteiger partial charge in [-0.2, -0.15) is 0 Å². The zero-order chi connectivity index (χ0) is 13.9. The Kier molecular flexibility index (Phi) is 3.94. The lowest BCUT2D eigenvalue weighted by Crippen LogP contribution is -3.13. The fourth-order valence-electron chi connectivity index (χ4n) is 3.16. The molecule has 0 bridgehead atoms. The zero-order valence-corrected chi connectivity index (χ0v) is 12.0. The highest BCUT2D eigenvalue weighted by atomic mass is 16.5. The average molecular weight is 275 g/mol. The van der Waals surface area contributed by atoms with Crippen molar-refractivity contribution in [3.63, 3.8) is 0 Å². The summed E-state index contributed by atoms with van der Waals surface area (Å²) in [5, 5.41) is 11.6. The number of ether oxygens (including phenoxy) is 1. The Morgan fingerprint density at radius 1 is 1.30 bits per heavy atom. The zero-order valence-electron chi connectivity index (χ0n) is 12.0. The molecular formula is C16H23N2O2+. The maximum Gasteiger partial charge on any atom is 0.130 e. The van der Waals surface area contributed by atoms with E-state index in [2.05, 4.69) is 4.98 Å². The molecule has 1 aliphatic heterocycles. The Bertz CT molecular complexity index is 573. The van der Waals surface area contributed by atoms with Gasteiger partial charge in [0.2, 0.25) is 0 Å². The van der Waals surface area contributed by atoms with Crippen LogP contribution in [0.15, 0.2) is 24.4 Å². The second-order valence-corrected chi connectivity index (χ2v) is 5.69. The third kappa shape index (κ3) is 2.67. The van der Waals surface area contributed by atoms with E-state index in [4.69, 9.17) is 4.74 Å². The van der Waals surface area contributed by atoms with E-state index in [1.54, 1.807) is 7.11 Å². The van der Waals surface area contributed by atoms with Crippen LogP contribution in [0.5, 0.6) is 5.75 Å². The van der Waals surface area contributed by atoms with Gasteiger partial charge in [0.1, 0.15) is 18.4 Å². The predicted octanol–water partition coefficient (Wildman–Crippen LogP) is 1.28. The first-order valence-corrected chi connectivity index (χ1v) is 7.44. The molecule has 3 N–H and O–H groups in total. The number of aromatic nitrogens is 1. The number of benzene rings is 1. The van der Waals surface area contributed by atoms with Crippen LogP contribution in [-0.4, -0.2) is 36.8 Å². The minimum absolute atomic E-state index is 0.413. The number of likely N-dealkylation sites (tertiary alicyclic amines) is 1. The number of aliphatic hydroxyl groups is 1. The molecule has 20 heavy (non-hydrogen) atoms. The summed E-state index contributed by atoms with van der Waals surface area (Å²) in [5.74, 6) is 0.830. The van der Waals surface area contributed by atoms with E-state index >= 15 is 0 Å². The van der Waals surface area contributed by atoms with E-state index in [-0.39, 0.29) is 0 Å². The van der Waals surface area contributed by atoms with Crippen LogP contribution >= 0.6 is 0 Å². The van der Waals surface area contributed by atoms with E-state index in [9.17, 15) is 5.11 Å². The van der Waals surface area contributed by atoms with Crippen molar-refractivity contribution < 1.29 is 14.7 Å². The van der Waals surface area contributed by atoms with Gasteiger partial charge in [0, 0.05) is 22.7 Å². The van der Waals surface area contributed by atoms with Crippen molar-refractivity contribution in [1.29, 1.82) is 0 Å². The fraction of sp³-hybridized carbons (Fsp3) is 0.500. The molecule has 2 heterocycles. The lowest BCUT2D eigenvalue weighted by Gasteiger charge is -2.25. The van der Waals surface area contributed by atoms with Crippen molar-refractivity contribution in [1.82, 2.24) is 4.98 Å². The summed E-state index contributed by atoms with van der Waals surface area (Å²) in [7, 11) is 1.67. The largest absolute Gasteiger partial charge is 0.497 e. The van der Waals surface area contributed by atoms with Gasteiger partial charge in [-0.1, -0.05) is 0 Å². The van der Waals surface area contributed by atoms with Crippen LogP contribution in [0.25, 0.3) is 10.9 Å². The first kappa shape index (κ1) is 13.5. The molecule has 1 fully saturated rings. The third-order valence-corrected chi connectivity index (χ3v) is 4.32. The summed E-state index contributed by atoms with van der Waals surface area (Å²) in [6.45, 7) is 3.16. The second-order valence-electron chi connectivity index (χ2n) is 5.69. The van der Waals surface area contributed by atoms with Crippen molar-refractivity contribution >= 4 is 10.9 Å². The molecule has 1 saturated heterocycles. The molecule has 108 valence electrons. The number of H-pyrrole nitrogens is 1. The summed E-state index contributed by atoms with van der Waals surface area (Å²) in [6, 6.07) is 5.93. The lowest BCUT2D eigenvalue weighted by molar-refractivity contribution is -0.908. The molecule has 4 nitrogen and oxygen atoms in total. The standard InChI is InChI=1S/C16H22N2O2/c1-20-12-5-6-15-13(9-12)14(10-17-15)16(19)11-18-7-3-2-4-8-18/h5-6,9-10,16-17,19H,2-4,7-8,11H2,1H3/p+1/t16-/m0/s1. The maximum atomic E-state index is 10.5. The highest BCUT2D eigenvalue weighted by molar-refractivity contribution is 5.85. The summed E-state index contributed by atoms with van der Waals surface area (Å²) in [4.78, 5) is 4.75. The van der Waals surface area contributed by atoms with E-state index < -0.39 is 6.10 Å². The van der Waals surface area contributed by atoms with Crippen LogP contribution in [0.2, 0.25) is 0 Å². The van der Waals surface area contributed by atoms with Gasteiger partial charge in [0.25, 0.3) is 0 Å². The van der Waals surface area contributed by atoms with Gasteiger partial charge < -0.3 is 19.7 Å². The first-order chi connectivity index (χ1) is 9.78. The Balaban J connectivity index is 1.81. The quantitative estimate of drug-likeness (QED) is 0.787. The third-order valence-electron chi connectivity index (χ3n) is 4.32. The van der Waals surface area contributed by atoms with E-state index in [1.165, 1.54) is 37.3 Å². The average Bonchev–Trinajstić information content (AvgIpc) is 2.91. The molecule has 1 aromatic carbocycles. The van der Waals surface area contributed by atoms with Crippen molar-refractivity contribution in [2.75, 3.05) is 26.7 Å². The smallest absolute Gasteiger partial charge is 0.130 e. The van der Waals surface area contributed by atoms with Gasteiger partial charge in [0.05, 0.1) is 20.2 Å². The van der Waals surface area contributed by atoms with E-state index in [1.807, 2.05) is 24.4 Å². The SMILES string of the molecule is COc1ccc2[nH]cc([C@@H](O)C[NH+]3CCCCC3)c2c1. The molecule has 1 aromatic heterocycles. The lowest BCUT2D eigenvalue weighted by atomic mass is 10.1. The van der Waals surface area contributed by atoms with E-state index in [0.717, 1.165) is 28.8 Å². The van der Waals surface area contributed by atoms with Crippen LogP contribution in [0.4, 0.5) is 0 Å². The van der Waals surface area contributed by atoms with Crippen LogP contribution in [0.1, 0.15) is 30.9 Å². The molecule has 3 rings (SSSR count). The number of fused-ring (bicyclic) bond motifs is 1. The van der Waals surface area contributed by atoms with Crippen LogP contribution in [0.3, 0.4) is 0 Å². The molecule has 1 atom stereocenters. The summed E-state index contributed by atoms with van der Waals surface area (Å²) >= 11 is 0. The van der Waals surface area contributed by atoms with Crippen LogP contribution < -0.4 is 9.64 Å². The highest BCUT2D eigenvalue weighted by Gasteiger charge is 2.21. The number of methoxy groups -OCH3 is 1. The molecule has 0 aliphatic carbocycles. The van der Waals surface area contributed by atoms with Crippen LogP contribution in [-0.2, 0) is 0 Å².